The molecular weight excluding hydrogens is 310 g/mol. The zero-order valence-electron chi connectivity index (χ0n) is 11.7. The van der Waals surface area contributed by atoms with E-state index in [0.717, 1.165) is 4.88 Å². The Bertz CT molecular complexity index is 736. The molecule has 0 fully saturated rings. The van der Waals surface area contributed by atoms with Crippen LogP contribution in [-0.2, 0) is 10.0 Å². The fourth-order valence-electron chi connectivity index (χ4n) is 1.90. The van der Waals surface area contributed by atoms with E-state index >= 15 is 0 Å². The standard InChI is InChI=1S/C13H17N3O3S2/c1-16(2)10(12-4-3-7-20-12)8-15-21(18,19)13-9-14-6-5-11(13)17/h3-7,9-10,15H,8H2,1-2H3,(H,14,17). The molecule has 21 heavy (non-hydrogen) atoms. The molecule has 0 bridgehead atoms. The minimum atomic E-state index is -3.83. The van der Waals surface area contributed by atoms with Crippen molar-refractivity contribution in [3.8, 4) is 0 Å². The number of likely N-dealkylation sites (N-methyl/N-ethyl adjacent to an activating group) is 1. The number of nitrogens with one attached hydrogen (secondary N) is 2. The molecular formula is C13H17N3O3S2. The molecule has 2 aromatic rings. The van der Waals surface area contributed by atoms with Crippen molar-refractivity contribution in [2.75, 3.05) is 20.6 Å². The first-order valence-corrected chi connectivity index (χ1v) is 8.64. The zero-order chi connectivity index (χ0) is 15.5. The van der Waals surface area contributed by atoms with Gasteiger partial charge in [0.05, 0.1) is 6.04 Å². The summed E-state index contributed by atoms with van der Waals surface area (Å²) in [4.78, 5) is 17.0. The first kappa shape index (κ1) is 15.9. The first-order valence-electron chi connectivity index (χ1n) is 6.28. The van der Waals surface area contributed by atoms with Gasteiger partial charge in [-0.1, -0.05) is 6.07 Å². The van der Waals surface area contributed by atoms with Crippen LogP contribution in [0.2, 0.25) is 0 Å². The molecule has 0 aliphatic carbocycles. The molecule has 2 rings (SSSR count). The number of rotatable bonds is 6. The molecule has 1 unspecified atom stereocenters. The summed E-state index contributed by atoms with van der Waals surface area (Å²) >= 11 is 1.56. The number of hydrogen-bond donors (Lipinski definition) is 2. The van der Waals surface area contributed by atoms with Gasteiger partial charge in [-0.05, 0) is 25.5 Å². The van der Waals surface area contributed by atoms with Gasteiger partial charge >= 0.3 is 0 Å². The Hall–Kier alpha value is -1.48. The molecule has 114 valence electrons. The number of sulfonamides is 1. The summed E-state index contributed by atoms with van der Waals surface area (Å²) in [6, 6.07) is 4.99. The number of pyridine rings is 1. The second-order valence-electron chi connectivity index (χ2n) is 4.72. The summed E-state index contributed by atoms with van der Waals surface area (Å²) in [5, 5.41) is 1.95. The number of aromatic nitrogens is 1. The molecule has 2 N–H and O–H groups in total. The minimum absolute atomic E-state index is 0.0810. The lowest BCUT2D eigenvalue weighted by Gasteiger charge is -2.23. The summed E-state index contributed by atoms with van der Waals surface area (Å²) in [6.45, 7) is 0.199. The summed E-state index contributed by atoms with van der Waals surface area (Å²) in [5.74, 6) is 0. The van der Waals surface area contributed by atoms with E-state index in [9.17, 15) is 13.2 Å². The first-order chi connectivity index (χ1) is 9.92. The predicted octanol–water partition coefficient (Wildman–Crippen LogP) is 1.02. The van der Waals surface area contributed by atoms with E-state index in [2.05, 4.69) is 9.71 Å². The molecule has 2 aromatic heterocycles. The zero-order valence-corrected chi connectivity index (χ0v) is 13.4. The van der Waals surface area contributed by atoms with E-state index in [1.807, 2.05) is 36.5 Å². The van der Waals surface area contributed by atoms with Gasteiger partial charge in [-0.25, -0.2) is 13.1 Å². The van der Waals surface area contributed by atoms with E-state index < -0.39 is 15.5 Å². The molecule has 0 aromatic carbocycles. The maximum atomic E-state index is 12.2. The largest absolute Gasteiger partial charge is 0.366 e. The fourth-order valence-corrected chi connectivity index (χ4v) is 3.91. The molecule has 0 spiro atoms. The Morgan fingerprint density at radius 1 is 1.38 bits per heavy atom. The number of aromatic amines is 1. The van der Waals surface area contributed by atoms with Crippen LogP contribution in [0.25, 0.3) is 0 Å². The van der Waals surface area contributed by atoms with Gasteiger partial charge in [0.15, 0.2) is 0 Å². The van der Waals surface area contributed by atoms with Gasteiger partial charge in [0, 0.05) is 29.9 Å². The van der Waals surface area contributed by atoms with Crippen LogP contribution in [0, 0.1) is 0 Å². The normalized spacial score (nSPS) is 13.5. The summed E-state index contributed by atoms with van der Waals surface area (Å²) in [6.07, 6.45) is 2.59. The lowest BCUT2D eigenvalue weighted by molar-refractivity contribution is 0.303. The van der Waals surface area contributed by atoms with Gasteiger partial charge in [-0.15, -0.1) is 11.3 Å². The van der Waals surface area contributed by atoms with Crippen LogP contribution in [0.3, 0.4) is 0 Å². The number of hydrogen-bond acceptors (Lipinski definition) is 5. The van der Waals surface area contributed by atoms with Crippen molar-refractivity contribution in [2.45, 2.75) is 10.9 Å². The fraction of sp³-hybridized carbons (Fsp3) is 0.308. The van der Waals surface area contributed by atoms with Crippen molar-refractivity contribution < 1.29 is 8.42 Å². The molecule has 0 saturated heterocycles. The van der Waals surface area contributed by atoms with Crippen LogP contribution in [0.15, 0.2) is 45.7 Å². The second-order valence-corrected chi connectivity index (χ2v) is 7.43. The monoisotopic (exact) mass is 327 g/mol. The van der Waals surface area contributed by atoms with Crippen LogP contribution in [0.1, 0.15) is 10.9 Å². The molecule has 0 saturated carbocycles. The van der Waals surface area contributed by atoms with Crippen molar-refractivity contribution in [3.63, 3.8) is 0 Å². The Kier molecular flexibility index (Phi) is 4.94. The van der Waals surface area contributed by atoms with Gasteiger partial charge < -0.3 is 9.88 Å². The summed E-state index contributed by atoms with van der Waals surface area (Å²) < 4.78 is 26.9. The van der Waals surface area contributed by atoms with Gasteiger partial charge in [0.1, 0.15) is 4.90 Å². The van der Waals surface area contributed by atoms with Crippen molar-refractivity contribution in [1.82, 2.24) is 14.6 Å². The van der Waals surface area contributed by atoms with E-state index in [0.29, 0.717) is 0 Å². The maximum absolute atomic E-state index is 12.2. The lowest BCUT2D eigenvalue weighted by Crippen LogP contribution is -2.35. The summed E-state index contributed by atoms with van der Waals surface area (Å²) in [7, 11) is -0.0605. The Balaban J connectivity index is 2.18. The van der Waals surface area contributed by atoms with Gasteiger partial charge in [0.2, 0.25) is 15.5 Å². The molecule has 0 amide bonds. The highest BCUT2D eigenvalue weighted by Gasteiger charge is 2.22. The lowest BCUT2D eigenvalue weighted by atomic mass is 10.2. The molecule has 0 aliphatic rings. The quantitative estimate of drug-likeness (QED) is 0.830. The van der Waals surface area contributed by atoms with Crippen LogP contribution in [0.5, 0.6) is 0 Å². The van der Waals surface area contributed by atoms with E-state index in [1.54, 1.807) is 11.3 Å². The average Bonchev–Trinajstić information content (AvgIpc) is 2.92. The van der Waals surface area contributed by atoms with Crippen molar-refractivity contribution in [1.29, 1.82) is 0 Å². The Morgan fingerprint density at radius 2 is 2.14 bits per heavy atom. The van der Waals surface area contributed by atoms with Crippen LogP contribution in [0.4, 0.5) is 0 Å². The number of H-pyrrole nitrogens is 1. The molecule has 0 aliphatic heterocycles. The number of thiophene rings is 1. The van der Waals surface area contributed by atoms with Gasteiger partial charge in [-0.3, -0.25) is 4.79 Å². The predicted molar refractivity (Wildman–Crippen MR) is 83.0 cm³/mol. The third-order valence-electron chi connectivity index (χ3n) is 3.04. The van der Waals surface area contributed by atoms with E-state index in [1.165, 1.54) is 18.5 Å². The number of nitrogens with zero attached hydrogens (tertiary/aromatic N) is 1. The second kappa shape index (κ2) is 6.52. The molecule has 2 heterocycles. The van der Waals surface area contributed by atoms with Gasteiger partial charge in [-0.2, -0.15) is 0 Å². The van der Waals surface area contributed by atoms with E-state index in [-0.39, 0.29) is 17.5 Å². The molecule has 0 radical (unpaired) electrons. The average molecular weight is 327 g/mol. The SMILES string of the molecule is CN(C)C(CNS(=O)(=O)c1c[nH]ccc1=O)c1cccs1. The molecule has 8 heteroatoms. The highest BCUT2D eigenvalue weighted by Crippen LogP contribution is 2.22. The summed E-state index contributed by atoms with van der Waals surface area (Å²) in [5.41, 5.74) is -0.529. The van der Waals surface area contributed by atoms with Crippen molar-refractivity contribution in [2.24, 2.45) is 0 Å². The van der Waals surface area contributed by atoms with Crippen LogP contribution in [-0.4, -0.2) is 38.9 Å². The topological polar surface area (TPSA) is 82.3 Å². The third kappa shape index (κ3) is 3.79. The molecule has 6 nitrogen and oxygen atoms in total. The smallest absolute Gasteiger partial charge is 0.245 e. The van der Waals surface area contributed by atoms with Gasteiger partial charge in [0.25, 0.3) is 0 Å². The highest BCUT2D eigenvalue weighted by molar-refractivity contribution is 7.89. The van der Waals surface area contributed by atoms with Crippen molar-refractivity contribution >= 4 is 21.4 Å². The maximum Gasteiger partial charge on any atom is 0.245 e. The van der Waals surface area contributed by atoms with Crippen molar-refractivity contribution in [3.05, 3.63) is 51.1 Å². The minimum Gasteiger partial charge on any atom is -0.366 e. The van der Waals surface area contributed by atoms with Crippen LogP contribution >= 0.6 is 11.3 Å². The van der Waals surface area contributed by atoms with E-state index in [4.69, 9.17) is 0 Å². The van der Waals surface area contributed by atoms with Crippen LogP contribution < -0.4 is 10.2 Å². The Morgan fingerprint density at radius 3 is 2.71 bits per heavy atom. The highest BCUT2D eigenvalue weighted by atomic mass is 32.2. The Labute approximate surface area is 127 Å². The third-order valence-corrected chi connectivity index (χ3v) is 5.46. The molecule has 1 atom stereocenters.